The Hall–Kier alpha value is -5.66. The summed E-state index contributed by atoms with van der Waals surface area (Å²) in [5.41, 5.74) is 0.915. The zero-order chi connectivity index (χ0) is 42.2. The molecule has 2 aromatic carbocycles. The lowest BCUT2D eigenvalue weighted by Gasteiger charge is -2.47. The molecule has 314 valence electrons. The smallest absolute Gasteiger partial charge is 0.272 e. The number of imide groups is 2. The summed E-state index contributed by atoms with van der Waals surface area (Å²) in [4.78, 5) is 71.3. The van der Waals surface area contributed by atoms with E-state index >= 15 is 4.39 Å². The second-order valence-electron chi connectivity index (χ2n) is 16.6. The van der Waals surface area contributed by atoms with Gasteiger partial charge in [0.15, 0.2) is 11.5 Å². The highest BCUT2D eigenvalue weighted by atomic mass is 35.5. The first-order chi connectivity index (χ1) is 28.9. The topological polar surface area (TPSA) is 181 Å². The Bertz CT molecular complexity index is 2230. The minimum Gasteiger partial charge on any atom is -0.490 e. The summed E-state index contributed by atoms with van der Waals surface area (Å²) in [6.45, 7) is 7.93. The number of benzene rings is 2. The minimum atomic E-state index is -1.12. The largest absolute Gasteiger partial charge is 0.490 e. The van der Waals surface area contributed by atoms with E-state index in [4.69, 9.17) is 21.6 Å². The summed E-state index contributed by atoms with van der Waals surface area (Å²) in [7, 11) is 0. The molecule has 4 fully saturated rings. The fourth-order valence-electron chi connectivity index (χ4n) is 9.49. The number of carbonyl (C=O) groups excluding carboxylic acids is 5. The lowest BCUT2D eigenvalue weighted by Crippen LogP contribution is -2.58. The van der Waals surface area contributed by atoms with Crippen LogP contribution in [0.15, 0.2) is 42.5 Å². The van der Waals surface area contributed by atoms with Gasteiger partial charge in [0.1, 0.15) is 23.7 Å². The van der Waals surface area contributed by atoms with Crippen molar-refractivity contribution in [1.29, 1.82) is 5.26 Å². The molecule has 2 N–H and O–H groups in total. The van der Waals surface area contributed by atoms with Gasteiger partial charge in [-0.25, -0.2) is 4.39 Å². The summed E-state index contributed by atoms with van der Waals surface area (Å²) in [5.74, 6) is -1.60. The van der Waals surface area contributed by atoms with E-state index in [2.05, 4.69) is 30.6 Å². The SMILES string of the molecule is CC1CN(CC2CCN(c3ccc(C(=O)NC4CCC(Oc5ccc(C#N)c(Cl)c5)CC4)nn3)CC2)CC(C)N1c1cc2c(cc1F)C(=O)N(C1CCC(=O)NC1=O)C2=O. The molecule has 3 atom stereocenters. The van der Waals surface area contributed by atoms with E-state index < -0.39 is 35.5 Å². The average Bonchev–Trinajstić information content (AvgIpc) is 3.46. The van der Waals surface area contributed by atoms with Crippen molar-refractivity contribution in [3.63, 3.8) is 0 Å². The van der Waals surface area contributed by atoms with Gasteiger partial charge in [-0.3, -0.25) is 39.1 Å². The maximum Gasteiger partial charge on any atom is 0.272 e. The van der Waals surface area contributed by atoms with Gasteiger partial charge in [-0.15, -0.1) is 10.2 Å². The van der Waals surface area contributed by atoms with E-state index in [1.165, 1.54) is 6.07 Å². The molecule has 5 heterocycles. The lowest BCUT2D eigenvalue weighted by atomic mass is 9.92. The summed E-state index contributed by atoms with van der Waals surface area (Å²) in [6.07, 6.45) is 5.03. The van der Waals surface area contributed by atoms with Gasteiger partial charge in [-0.05, 0) is 101 Å². The maximum absolute atomic E-state index is 15.8. The average molecular weight is 840 g/mol. The Labute approximate surface area is 352 Å². The van der Waals surface area contributed by atoms with E-state index in [9.17, 15) is 24.0 Å². The molecule has 5 aliphatic rings. The Balaban J connectivity index is 0.792. The molecule has 3 aromatic rings. The first-order valence-corrected chi connectivity index (χ1v) is 21.1. The van der Waals surface area contributed by atoms with Crippen molar-refractivity contribution >= 4 is 52.6 Å². The standard InChI is InChI=1S/C43H47ClFN9O6/c1-24-21-51(22-25(2)53(24)37-19-32-31(18-34(37)45)42(58)54(43(32)59)36-10-12-39(55)48-41(36)57)23-26-13-15-52(16-14-26)38-11-9-35(49-50-38)40(56)47-28-4-7-29(8-5-28)60-30-6-3-27(20-46)33(44)17-30/h3,6,9,11,17-19,24-26,28-29,36H,4-5,7-8,10,12-16,21-23H2,1-2H3,(H,47,56)(H,48,55,57). The van der Waals surface area contributed by atoms with E-state index in [1.807, 2.05) is 30.9 Å². The number of rotatable bonds is 9. The third kappa shape index (κ3) is 8.38. The number of nitrogens with one attached hydrogen (secondary N) is 2. The zero-order valence-electron chi connectivity index (χ0n) is 33.5. The molecule has 5 amide bonds. The highest BCUT2D eigenvalue weighted by Crippen LogP contribution is 2.36. The first kappa shape index (κ1) is 41.1. The summed E-state index contributed by atoms with van der Waals surface area (Å²) in [6, 6.07) is 11.9. The van der Waals surface area contributed by atoms with Crippen molar-refractivity contribution in [3.8, 4) is 11.8 Å². The number of fused-ring (bicyclic) bond motifs is 1. The second-order valence-corrected chi connectivity index (χ2v) is 17.1. The van der Waals surface area contributed by atoms with Crippen LogP contribution in [0.4, 0.5) is 15.9 Å². The number of nitriles is 1. The van der Waals surface area contributed by atoms with Crippen LogP contribution < -0.4 is 25.2 Å². The highest BCUT2D eigenvalue weighted by molar-refractivity contribution is 6.31. The van der Waals surface area contributed by atoms with Gasteiger partial charge in [-0.2, -0.15) is 5.26 Å². The van der Waals surface area contributed by atoms with Crippen LogP contribution in [0.3, 0.4) is 0 Å². The van der Waals surface area contributed by atoms with Gasteiger partial charge in [-0.1, -0.05) is 11.6 Å². The van der Waals surface area contributed by atoms with Gasteiger partial charge in [0.25, 0.3) is 17.7 Å². The van der Waals surface area contributed by atoms with Crippen LogP contribution in [0.25, 0.3) is 0 Å². The van der Waals surface area contributed by atoms with E-state index in [0.29, 0.717) is 35.3 Å². The molecule has 3 unspecified atom stereocenters. The second kappa shape index (κ2) is 17.1. The number of hydrogen-bond acceptors (Lipinski definition) is 12. The number of halogens is 2. The third-order valence-electron chi connectivity index (χ3n) is 12.5. The Morgan fingerprint density at radius 1 is 0.933 bits per heavy atom. The van der Waals surface area contributed by atoms with Gasteiger partial charge in [0.2, 0.25) is 11.8 Å². The molecule has 0 spiro atoms. The molecule has 60 heavy (non-hydrogen) atoms. The zero-order valence-corrected chi connectivity index (χ0v) is 34.3. The monoisotopic (exact) mass is 839 g/mol. The number of piperazine rings is 1. The van der Waals surface area contributed by atoms with Crippen molar-refractivity contribution < 1.29 is 33.1 Å². The van der Waals surface area contributed by atoms with Gasteiger partial charge in [0, 0.05) is 63.3 Å². The molecular formula is C43H47ClFN9O6. The van der Waals surface area contributed by atoms with Crippen LogP contribution in [0, 0.1) is 23.1 Å². The number of amides is 5. The number of piperidine rings is 2. The molecule has 1 aromatic heterocycles. The van der Waals surface area contributed by atoms with Crippen molar-refractivity contribution in [3.05, 3.63) is 75.7 Å². The summed E-state index contributed by atoms with van der Waals surface area (Å²) in [5, 5.41) is 23.4. The Morgan fingerprint density at radius 2 is 1.63 bits per heavy atom. The molecule has 15 nitrogen and oxygen atoms in total. The number of anilines is 2. The van der Waals surface area contributed by atoms with Crippen LogP contribution in [-0.4, -0.2) is 113 Å². The van der Waals surface area contributed by atoms with E-state index in [-0.39, 0.29) is 65.5 Å². The fraction of sp³-hybridized carbons (Fsp3) is 0.488. The maximum atomic E-state index is 15.8. The van der Waals surface area contributed by atoms with Gasteiger partial charge < -0.3 is 19.9 Å². The lowest BCUT2D eigenvalue weighted by molar-refractivity contribution is -0.136. The number of ether oxygens (including phenoxy) is 1. The van der Waals surface area contributed by atoms with Crippen LogP contribution in [0.2, 0.25) is 5.02 Å². The molecule has 3 saturated heterocycles. The van der Waals surface area contributed by atoms with Crippen molar-refractivity contribution in [2.45, 2.75) is 95.5 Å². The summed E-state index contributed by atoms with van der Waals surface area (Å²) < 4.78 is 21.8. The number of nitrogens with zero attached hydrogens (tertiary/aromatic N) is 7. The quantitative estimate of drug-likeness (QED) is 0.289. The molecule has 0 radical (unpaired) electrons. The highest BCUT2D eigenvalue weighted by Gasteiger charge is 2.46. The molecule has 8 rings (SSSR count). The Morgan fingerprint density at radius 3 is 2.27 bits per heavy atom. The van der Waals surface area contributed by atoms with Crippen LogP contribution in [-0.2, 0) is 9.59 Å². The molecule has 1 aliphatic carbocycles. The fourth-order valence-corrected chi connectivity index (χ4v) is 9.71. The summed E-state index contributed by atoms with van der Waals surface area (Å²) >= 11 is 6.15. The molecule has 17 heteroatoms. The predicted molar refractivity (Wildman–Crippen MR) is 218 cm³/mol. The molecule has 1 saturated carbocycles. The third-order valence-corrected chi connectivity index (χ3v) is 12.8. The molecular weight excluding hydrogens is 793 g/mol. The molecule has 0 bridgehead atoms. The van der Waals surface area contributed by atoms with Gasteiger partial charge >= 0.3 is 0 Å². The van der Waals surface area contributed by atoms with E-state index in [0.717, 1.165) is 74.9 Å². The van der Waals surface area contributed by atoms with Crippen molar-refractivity contribution in [2.24, 2.45) is 5.92 Å². The molecule has 4 aliphatic heterocycles. The van der Waals surface area contributed by atoms with E-state index in [1.54, 1.807) is 24.3 Å². The normalized spacial score (nSPS) is 25.2. The van der Waals surface area contributed by atoms with Crippen LogP contribution in [0.5, 0.6) is 5.75 Å². The Kier molecular flexibility index (Phi) is 11.7. The minimum absolute atomic E-state index is 0.00262. The van der Waals surface area contributed by atoms with Crippen molar-refractivity contribution in [2.75, 3.05) is 42.5 Å². The predicted octanol–water partition coefficient (Wildman–Crippen LogP) is 4.48. The van der Waals surface area contributed by atoms with Crippen LogP contribution in [0.1, 0.15) is 102 Å². The number of hydrogen-bond donors (Lipinski definition) is 2. The van der Waals surface area contributed by atoms with Gasteiger partial charge in [0.05, 0.1) is 33.5 Å². The number of aromatic nitrogens is 2. The van der Waals surface area contributed by atoms with Crippen LogP contribution >= 0.6 is 11.6 Å². The van der Waals surface area contributed by atoms with Crippen molar-refractivity contribution in [1.82, 2.24) is 30.6 Å². The first-order valence-electron chi connectivity index (χ1n) is 20.7. The number of carbonyl (C=O) groups is 5.